The molecule has 0 N–H and O–H groups in total. The van der Waals surface area contributed by atoms with Crippen molar-refractivity contribution in [2.24, 2.45) is 11.3 Å². The average Bonchev–Trinajstić information content (AvgIpc) is 2.64. The molecule has 0 aromatic carbocycles. The van der Waals surface area contributed by atoms with Crippen LogP contribution < -0.4 is 0 Å². The summed E-state index contributed by atoms with van der Waals surface area (Å²) >= 11 is 0. The monoisotopic (exact) mass is 242 g/mol. The Labute approximate surface area is 103 Å². The predicted molar refractivity (Wildman–Crippen MR) is 64.4 cm³/mol. The summed E-state index contributed by atoms with van der Waals surface area (Å²) < 4.78 is 15.9. The van der Waals surface area contributed by atoms with Crippen LogP contribution >= 0.6 is 0 Å². The molecule has 1 saturated carbocycles. The van der Waals surface area contributed by atoms with E-state index in [2.05, 4.69) is 6.58 Å². The zero-order chi connectivity index (χ0) is 13.1. The third-order valence-corrected chi connectivity index (χ3v) is 3.76. The minimum Gasteiger partial charge on any atom is -0.468 e. The van der Waals surface area contributed by atoms with Gasteiger partial charge in [-0.1, -0.05) is 19.1 Å². The van der Waals surface area contributed by atoms with E-state index in [0.29, 0.717) is 13.0 Å². The molecule has 0 heterocycles. The van der Waals surface area contributed by atoms with E-state index < -0.39 is 11.7 Å². The molecule has 0 bridgehead atoms. The molecule has 3 unspecified atom stereocenters. The maximum atomic E-state index is 12.1. The quantitative estimate of drug-likeness (QED) is 0.421. The fourth-order valence-electron chi connectivity index (χ4n) is 2.63. The van der Waals surface area contributed by atoms with Gasteiger partial charge in [-0.15, -0.1) is 0 Å². The van der Waals surface area contributed by atoms with E-state index >= 15 is 0 Å². The maximum Gasteiger partial charge on any atom is 0.317 e. The van der Waals surface area contributed by atoms with Crippen LogP contribution in [0.25, 0.3) is 0 Å². The third-order valence-electron chi connectivity index (χ3n) is 3.76. The van der Waals surface area contributed by atoms with Crippen LogP contribution in [0.1, 0.15) is 26.7 Å². The average molecular weight is 242 g/mol. The highest BCUT2D eigenvalue weighted by Gasteiger charge is 2.56. The van der Waals surface area contributed by atoms with Crippen molar-refractivity contribution in [3.63, 3.8) is 0 Å². The van der Waals surface area contributed by atoms with Crippen LogP contribution in [0, 0.1) is 11.3 Å². The summed E-state index contributed by atoms with van der Waals surface area (Å²) in [4.78, 5) is 12.1. The second kappa shape index (κ2) is 5.65. The number of carbonyl (C=O) groups excluding carboxylic acids is 1. The Hall–Kier alpha value is -0.870. The standard InChI is InChI=1S/C13H22O4/c1-6-17-12(16-5)13(11(14)15-4)8-7-9(2)10(13)3/h10,12H,2,6-8H2,1,3-5H3. The van der Waals surface area contributed by atoms with Gasteiger partial charge in [0.05, 0.1) is 7.11 Å². The summed E-state index contributed by atoms with van der Waals surface area (Å²) in [6, 6.07) is 0. The van der Waals surface area contributed by atoms with E-state index in [1.807, 2.05) is 13.8 Å². The van der Waals surface area contributed by atoms with Crippen LogP contribution in [0.15, 0.2) is 12.2 Å². The first-order valence-corrected chi connectivity index (χ1v) is 5.95. The molecule has 3 atom stereocenters. The van der Waals surface area contributed by atoms with Crippen LogP contribution in [0.5, 0.6) is 0 Å². The van der Waals surface area contributed by atoms with Gasteiger partial charge in [0.25, 0.3) is 0 Å². The lowest BCUT2D eigenvalue weighted by Crippen LogP contribution is -2.47. The predicted octanol–water partition coefficient (Wildman–Crippen LogP) is 2.14. The minimum atomic E-state index is -0.753. The van der Waals surface area contributed by atoms with Gasteiger partial charge in [-0.25, -0.2) is 0 Å². The largest absolute Gasteiger partial charge is 0.468 e. The van der Waals surface area contributed by atoms with Gasteiger partial charge in [0.15, 0.2) is 6.29 Å². The Balaban J connectivity index is 3.09. The Bertz CT molecular complexity index is 300. The molecule has 0 saturated heterocycles. The number of hydrogen-bond donors (Lipinski definition) is 0. The van der Waals surface area contributed by atoms with Crippen molar-refractivity contribution in [1.29, 1.82) is 0 Å². The van der Waals surface area contributed by atoms with Crippen molar-refractivity contribution in [2.45, 2.75) is 33.0 Å². The van der Waals surface area contributed by atoms with Gasteiger partial charge in [0, 0.05) is 13.7 Å². The molecule has 0 aliphatic heterocycles. The van der Waals surface area contributed by atoms with Crippen molar-refractivity contribution in [2.75, 3.05) is 20.8 Å². The number of esters is 1. The fraction of sp³-hybridized carbons (Fsp3) is 0.769. The first-order chi connectivity index (χ1) is 8.04. The molecule has 1 rings (SSSR count). The Kier molecular flexibility index (Phi) is 4.71. The van der Waals surface area contributed by atoms with Crippen molar-refractivity contribution < 1.29 is 19.0 Å². The lowest BCUT2D eigenvalue weighted by atomic mass is 9.77. The molecule has 1 fully saturated rings. The highest BCUT2D eigenvalue weighted by atomic mass is 16.7. The van der Waals surface area contributed by atoms with E-state index in [0.717, 1.165) is 12.0 Å². The molecule has 0 aromatic heterocycles. The number of methoxy groups -OCH3 is 2. The molecule has 0 spiro atoms. The van der Waals surface area contributed by atoms with E-state index in [-0.39, 0.29) is 11.9 Å². The lowest BCUT2D eigenvalue weighted by Gasteiger charge is -2.36. The highest BCUT2D eigenvalue weighted by Crippen LogP contribution is 2.50. The maximum absolute atomic E-state index is 12.1. The molecular formula is C13H22O4. The zero-order valence-electron chi connectivity index (χ0n) is 11.1. The summed E-state index contributed by atoms with van der Waals surface area (Å²) in [6.07, 6.45) is 0.899. The number of hydrogen-bond acceptors (Lipinski definition) is 4. The van der Waals surface area contributed by atoms with Crippen molar-refractivity contribution >= 4 is 5.97 Å². The minimum absolute atomic E-state index is 0.00597. The van der Waals surface area contributed by atoms with Gasteiger partial charge >= 0.3 is 5.97 Å². The van der Waals surface area contributed by atoms with Gasteiger partial charge in [-0.2, -0.15) is 0 Å². The van der Waals surface area contributed by atoms with Crippen LogP contribution in [-0.2, 0) is 19.0 Å². The van der Waals surface area contributed by atoms with E-state index in [4.69, 9.17) is 14.2 Å². The number of allylic oxidation sites excluding steroid dienone is 1. The second-order valence-electron chi connectivity index (χ2n) is 4.43. The van der Waals surface area contributed by atoms with Crippen LogP contribution in [0.3, 0.4) is 0 Å². The Morgan fingerprint density at radius 1 is 1.59 bits per heavy atom. The fourth-order valence-corrected chi connectivity index (χ4v) is 2.63. The normalized spacial score (nSPS) is 30.4. The van der Waals surface area contributed by atoms with Crippen molar-refractivity contribution in [3.05, 3.63) is 12.2 Å². The zero-order valence-corrected chi connectivity index (χ0v) is 11.1. The third kappa shape index (κ3) is 2.24. The summed E-state index contributed by atoms with van der Waals surface area (Å²) in [5.74, 6) is -0.268. The van der Waals surface area contributed by atoms with E-state index in [9.17, 15) is 4.79 Å². The summed E-state index contributed by atoms with van der Waals surface area (Å²) in [5, 5.41) is 0. The molecule has 17 heavy (non-hydrogen) atoms. The molecule has 4 heteroatoms. The molecule has 1 aliphatic rings. The highest BCUT2D eigenvalue weighted by molar-refractivity contribution is 5.79. The molecule has 0 radical (unpaired) electrons. The molecule has 1 aliphatic carbocycles. The molecule has 0 aromatic rings. The summed E-state index contributed by atoms with van der Waals surface area (Å²) in [7, 11) is 2.95. The smallest absolute Gasteiger partial charge is 0.317 e. The number of ether oxygens (including phenoxy) is 3. The SMILES string of the molecule is C=C1CCC(C(=O)OC)(C(OC)OCC)C1C. The first-order valence-electron chi connectivity index (χ1n) is 5.95. The summed E-state index contributed by atoms with van der Waals surface area (Å²) in [6.45, 7) is 8.37. The Morgan fingerprint density at radius 3 is 2.59 bits per heavy atom. The molecule has 98 valence electrons. The topological polar surface area (TPSA) is 44.8 Å². The van der Waals surface area contributed by atoms with Crippen LogP contribution in [-0.4, -0.2) is 33.1 Å². The second-order valence-corrected chi connectivity index (χ2v) is 4.43. The van der Waals surface area contributed by atoms with Gasteiger partial charge in [-0.3, -0.25) is 4.79 Å². The molecule has 0 amide bonds. The van der Waals surface area contributed by atoms with Crippen LogP contribution in [0.2, 0.25) is 0 Å². The van der Waals surface area contributed by atoms with E-state index in [1.54, 1.807) is 7.11 Å². The van der Waals surface area contributed by atoms with Gasteiger partial charge < -0.3 is 14.2 Å². The van der Waals surface area contributed by atoms with Crippen molar-refractivity contribution in [1.82, 2.24) is 0 Å². The van der Waals surface area contributed by atoms with Gasteiger partial charge in [-0.05, 0) is 25.7 Å². The van der Waals surface area contributed by atoms with E-state index in [1.165, 1.54) is 7.11 Å². The first kappa shape index (κ1) is 14.2. The van der Waals surface area contributed by atoms with Gasteiger partial charge in [0.2, 0.25) is 0 Å². The summed E-state index contributed by atoms with van der Waals surface area (Å²) in [5.41, 5.74) is 0.300. The number of carbonyl (C=O) groups is 1. The molecule has 4 nitrogen and oxygen atoms in total. The van der Waals surface area contributed by atoms with Crippen LogP contribution in [0.4, 0.5) is 0 Å². The molecular weight excluding hydrogens is 220 g/mol. The number of rotatable bonds is 5. The van der Waals surface area contributed by atoms with Gasteiger partial charge in [0.1, 0.15) is 5.41 Å². The Morgan fingerprint density at radius 2 is 2.24 bits per heavy atom. The van der Waals surface area contributed by atoms with Crippen molar-refractivity contribution in [3.8, 4) is 0 Å². The lowest BCUT2D eigenvalue weighted by molar-refractivity contribution is -0.215.